The molecule has 1 atom stereocenters. The molecule has 2 aromatic rings. The molecule has 0 unspecified atom stereocenters. The molecule has 0 fully saturated rings. The third kappa shape index (κ3) is 4.32. The maximum atomic E-state index is 13.2. The van der Waals surface area contributed by atoms with E-state index in [2.05, 4.69) is 5.32 Å². The zero-order valence-electron chi connectivity index (χ0n) is 12.2. The van der Waals surface area contributed by atoms with Crippen LogP contribution < -0.4 is 5.32 Å². The molecular formula is C17H16F3NO2. The summed E-state index contributed by atoms with van der Waals surface area (Å²) >= 11 is 0. The van der Waals surface area contributed by atoms with Crippen molar-refractivity contribution in [2.24, 2.45) is 0 Å². The summed E-state index contributed by atoms with van der Waals surface area (Å²) in [6.07, 6.45) is 0.427. The van der Waals surface area contributed by atoms with Gasteiger partial charge >= 0.3 is 0 Å². The van der Waals surface area contributed by atoms with Crippen LogP contribution in [0.15, 0.2) is 42.5 Å². The second kappa shape index (κ2) is 7.78. The maximum Gasteiger partial charge on any atom is 0.251 e. The molecule has 0 aliphatic carbocycles. The number of nitrogens with one attached hydrogen (secondary N) is 1. The van der Waals surface area contributed by atoms with Crippen LogP contribution in [0, 0.1) is 17.5 Å². The monoisotopic (exact) mass is 323 g/mol. The first-order valence-corrected chi connectivity index (χ1v) is 7.11. The van der Waals surface area contributed by atoms with Crippen LogP contribution in [0.2, 0.25) is 0 Å². The summed E-state index contributed by atoms with van der Waals surface area (Å²) in [6.45, 7) is 0.124. The number of hydrogen-bond donors (Lipinski definition) is 2. The molecule has 0 saturated heterocycles. The molecule has 2 N–H and O–H groups in total. The number of benzene rings is 2. The van der Waals surface area contributed by atoms with Crippen molar-refractivity contribution in [3.8, 4) is 0 Å². The van der Waals surface area contributed by atoms with Gasteiger partial charge in [0.2, 0.25) is 0 Å². The Morgan fingerprint density at radius 3 is 2.26 bits per heavy atom. The number of halogens is 3. The van der Waals surface area contributed by atoms with E-state index in [0.717, 1.165) is 5.56 Å². The first-order chi connectivity index (χ1) is 11.0. The van der Waals surface area contributed by atoms with Crippen LogP contribution in [0.25, 0.3) is 0 Å². The van der Waals surface area contributed by atoms with Crippen molar-refractivity contribution in [3.63, 3.8) is 0 Å². The van der Waals surface area contributed by atoms with E-state index in [1.54, 1.807) is 0 Å². The van der Waals surface area contributed by atoms with Crippen molar-refractivity contribution in [1.82, 2.24) is 5.32 Å². The minimum Gasteiger partial charge on any atom is -0.396 e. The number of aliphatic hydroxyl groups excluding tert-OH is 1. The van der Waals surface area contributed by atoms with E-state index < -0.39 is 23.4 Å². The fourth-order valence-corrected chi connectivity index (χ4v) is 2.27. The maximum absolute atomic E-state index is 13.2. The normalized spacial score (nSPS) is 12.0. The van der Waals surface area contributed by atoms with Gasteiger partial charge in [0.25, 0.3) is 5.91 Å². The van der Waals surface area contributed by atoms with E-state index in [1.807, 2.05) is 30.3 Å². The number of carbonyl (C=O) groups excluding carboxylic acids is 1. The minimum absolute atomic E-state index is 0.0603. The molecule has 1 amide bonds. The van der Waals surface area contributed by atoms with E-state index in [1.165, 1.54) is 0 Å². The van der Waals surface area contributed by atoms with Gasteiger partial charge < -0.3 is 10.4 Å². The molecule has 23 heavy (non-hydrogen) atoms. The van der Waals surface area contributed by atoms with Crippen LogP contribution in [-0.4, -0.2) is 24.2 Å². The van der Waals surface area contributed by atoms with Gasteiger partial charge in [0.15, 0.2) is 17.5 Å². The van der Waals surface area contributed by atoms with Crippen molar-refractivity contribution in [2.45, 2.75) is 12.3 Å². The van der Waals surface area contributed by atoms with Gasteiger partial charge in [0, 0.05) is 24.6 Å². The standard InChI is InChI=1S/C17H16F3NO2/c18-14-8-13(9-15(19)16(14)20)17(23)21-10-12(6-7-22)11-4-2-1-3-5-11/h1-5,8-9,12,22H,6-7,10H2,(H,21,23)/t12-/m0/s1. The lowest BCUT2D eigenvalue weighted by atomic mass is 9.96. The van der Waals surface area contributed by atoms with Gasteiger partial charge in [-0.25, -0.2) is 13.2 Å². The molecule has 0 radical (unpaired) electrons. The summed E-state index contributed by atoms with van der Waals surface area (Å²) in [7, 11) is 0. The summed E-state index contributed by atoms with van der Waals surface area (Å²) in [5.74, 6) is -5.28. The predicted octanol–water partition coefficient (Wildman–Crippen LogP) is 3.00. The first-order valence-electron chi connectivity index (χ1n) is 7.11. The van der Waals surface area contributed by atoms with Crippen LogP contribution >= 0.6 is 0 Å². The van der Waals surface area contributed by atoms with Gasteiger partial charge in [-0.2, -0.15) is 0 Å². The summed E-state index contributed by atoms with van der Waals surface area (Å²) in [6, 6.07) is 10.6. The van der Waals surface area contributed by atoms with Crippen LogP contribution in [0.3, 0.4) is 0 Å². The van der Waals surface area contributed by atoms with E-state index in [4.69, 9.17) is 5.11 Å². The Kier molecular flexibility index (Phi) is 5.76. The molecular weight excluding hydrogens is 307 g/mol. The molecule has 0 aliphatic rings. The highest BCUT2D eigenvalue weighted by Gasteiger charge is 2.17. The number of aliphatic hydroxyl groups is 1. The van der Waals surface area contributed by atoms with Crippen molar-refractivity contribution >= 4 is 5.91 Å². The Morgan fingerprint density at radius 2 is 1.70 bits per heavy atom. The fraction of sp³-hybridized carbons (Fsp3) is 0.235. The van der Waals surface area contributed by atoms with Gasteiger partial charge in [-0.1, -0.05) is 30.3 Å². The van der Waals surface area contributed by atoms with Gasteiger partial charge in [-0.15, -0.1) is 0 Å². The van der Waals surface area contributed by atoms with Crippen LogP contribution in [0.5, 0.6) is 0 Å². The first kappa shape index (κ1) is 17.0. The molecule has 0 bridgehead atoms. The topological polar surface area (TPSA) is 49.3 Å². The predicted molar refractivity (Wildman–Crippen MR) is 79.5 cm³/mol. The molecule has 0 aromatic heterocycles. The summed E-state index contributed by atoms with van der Waals surface area (Å²) in [5, 5.41) is 11.7. The molecule has 0 aliphatic heterocycles. The average Bonchev–Trinajstić information content (AvgIpc) is 2.56. The zero-order valence-corrected chi connectivity index (χ0v) is 12.2. The van der Waals surface area contributed by atoms with E-state index in [0.29, 0.717) is 18.6 Å². The van der Waals surface area contributed by atoms with Crippen LogP contribution in [-0.2, 0) is 0 Å². The highest BCUT2D eigenvalue weighted by atomic mass is 19.2. The molecule has 2 rings (SSSR count). The number of amides is 1. The lowest BCUT2D eigenvalue weighted by molar-refractivity contribution is 0.0948. The second-order valence-corrected chi connectivity index (χ2v) is 5.08. The summed E-state index contributed by atoms with van der Waals surface area (Å²) < 4.78 is 39.2. The van der Waals surface area contributed by atoms with Gasteiger partial charge in [-0.3, -0.25) is 4.79 Å². The SMILES string of the molecule is O=C(NC[C@H](CCO)c1ccccc1)c1cc(F)c(F)c(F)c1. The van der Waals surface area contributed by atoms with Crippen molar-refractivity contribution in [1.29, 1.82) is 0 Å². The van der Waals surface area contributed by atoms with Gasteiger partial charge in [-0.05, 0) is 24.1 Å². The molecule has 0 heterocycles. The molecule has 122 valence electrons. The molecule has 6 heteroatoms. The largest absolute Gasteiger partial charge is 0.396 e. The zero-order chi connectivity index (χ0) is 16.8. The average molecular weight is 323 g/mol. The van der Waals surface area contributed by atoms with Crippen LogP contribution in [0.1, 0.15) is 28.3 Å². The Balaban J connectivity index is 2.07. The van der Waals surface area contributed by atoms with Crippen molar-refractivity contribution < 1.29 is 23.1 Å². The highest BCUT2D eigenvalue weighted by molar-refractivity contribution is 5.94. The molecule has 0 spiro atoms. The molecule has 2 aromatic carbocycles. The third-order valence-corrected chi connectivity index (χ3v) is 3.50. The fourth-order valence-electron chi connectivity index (χ4n) is 2.27. The van der Waals surface area contributed by atoms with Crippen molar-refractivity contribution in [3.05, 3.63) is 71.0 Å². The lowest BCUT2D eigenvalue weighted by Gasteiger charge is -2.17. The number of rotatable bonds is 6. The molecule has 0 saturated carbocycles. The minimum atomic E-state index is -1.61. The van der Waals surface area contributed by atoms with Crippen molar-refractivity contribution in [2.75, 3.05) is 13.2 Å². The smallest absolute Gasteiger partial charge is 0.251 e. The summed E-state index contributed by atoms with van der Waals surface area (Å²) in [5.41, 5.74) is 0.635. The summed E-state index contributed by atoms with van der Waals surface area (Å²) in [4.78, 5) is 12.0. The second-order valence-electron chi connectivity index (χ2n) is 5.08. The Bertz CT molecular complexity index is 654. The Hall–Kier alpha value is -2.34. The number of carbonyl (C=O) groups is 1. The quantitative estimate of drug-likeness (QED) is 0.803. The van der Waals surface area contributed by atoms with Gasteiger partial charge in [0.1, 0.15) is 0 Å². The molecule has 3 nitrogen and oxygen atoms in total. The third-order valence-electron chi connectivity index (χ3n) is 3.50. The van der Waals surface area contributed by atoms with Gasteiger partial charge in [0.05, 0.1) is 0 Å². The number of hydrogen-bond acceptors (Lipinski definition) is 2. The van der Waals surface area contributed by atoms with E-state index >= 15 is 0 Å². The Morgan fingerprint density at radius 1 is 1.09 bits per heavy atom. The Labute approximate surface area is 131 Å². The van der Waals surface area contributed by atoms with E-state index in [-0.39, 0.29) is 24.6 Å². The highest BCUT2D eigenvalue weighted by Crippen LogP contribution is 2.19. The van der Waals surface area contributed by atoms with E-state index in [9.17, 15) is 18.0 Å². The lowest BCUT2D eigenvalue weighted by Crippen LogP contribution is -2.29. The van der Waals surface area contributed by atoms with Crippen LogP contribution in [0.4, 0.5) is 13.2 Å².